The number of benzene rings is 1. The van der Waals surface area contributed by atoms with E-state index in [1.807, 2.05) is 30.5 Å². The summed E-state index contributed by atoms with van der Waals surface area (Å²) in [7, 11) is 0. The zero-order valence-corrected chi connectivity index (χ0v) is 10.3. The van der Waals surface area contributed by atoms with Crippen molar-refractivity contribution in [1.82, 2.24) is 4.57 Å². The Morgan fingerprint density at radius 1 is 1.24 bits per heavy atom. The van der Waals surface area contributed by atoms with Crippen LogP contribution in [0.4, 0.5) is 0 Å². The van der Waals surface area contributed by atoms with Crippen molar-refractivity contribution in [2.24, 2.45) is 0 Å². The third kappa shape index (κ3) is 2.28. The van der Waals surface area contributed by atoms with Crippen LogP contribution >= 0.6 is 11.8 Å². The molecule has 2 rings (SSSR count). The molecule has 0 unspecified atom stereocenters. The number of carbonyl (C=O) groups is 1. The van der Waals surface area contributed by atoms with Crippen LogP contribution in [0.5, 0.6) is 0 Å². The number of rotatable bonds is 4. The molecule has 1 aromatic heterocycles. The molecular weight excluding hydrogens is 234 g/mol. The number of hydrogen-bond acceptors (Lipinski definition) is 3. The molecule has 0 saturated heterocycles. The molecule has 0 aliphatic rings. The van der Waals surface area contributed by atoms with Gasteiger partial charge in [0.25, 0.3) is 0 Å². The maximum absolute atomic E-state index is 12.2. The molecule has 0 aliphatic heterocycles. The highest BCUT2D eigenvalue weighted by atomic mass is 32.2. The number of thioether (sulfide) groups is 1. The van der Waals surface area contributed by atoms with E-state index in [4.69, 9.17) is 0 Å². The molecule has 4 heteroatoms. The minimum absolute atomic E-state index is 0.0695. The average Bonchev–Trinajstić information content (AvgIpc) is 2.81. The molecule has 1 aromatic carbocycles. The fourth-order valence-electron chi connectivity index (χ4n) is 1.71. The van der Waals surface area contributed by atoms with Gasteiger partial charge >= 0.3 is 0 Å². The molecule has 3 nitrogen and oxygen atoms in total. The molecule has 1 N–H and O–H groups in total. The third-order valence-corrected chi connectivity index (χ3v) is 3.33. The topological polar surface area (TPSA) is 42.2 Å². The Hall–Kier alpha value is -1.52. The van der Waals surface area contributed by atoms with Crippen molar-refractivity contribution in [3.05, 3.63) is 53.7 Å². The van der Waals surface area contributed by atoms with E-state index in [9.17, 15) is 9.90 Å². The zero-order valence-electron chi connectivity index (χ0n) is 9.46. The number of ketones is 1. The van der Waals surface area contributed by atoms with Gasteiger partial charge in [-0.2, -0.15) is 0 Å². The lowest BCUT2D eigenvalue weighted by molar-refractivity contribution is 0.101. The minimum atomic E-state index is -0.183. The first-order valence-corrected chi connectivity index (χ1v) is 6.44. The van der Waals surface area contributed by atoms with Crippen LogP contribution in [-0.2, 0) is 6.73 Å². The van der Waals surface area contributed by atoms with Gasteiger partial charge in [0.1, 0.15) is 6.73 Å². The van der Waals surface area contributed by atoms with Crippen LogP contribution in [0.25, 0.3) is 0 Å². The quantitative estimate of drug-likeness (QED) is 0.666. The second-order valence-electron chi connectivity index (χ2n) is 3.53. The molecule has 0 atom stereocenters. The van der Waals surface area contributed by atoms with E-state index >= 15 is 0 Å². The highest BCUT2D eigenvalue weighted by molar-refractivity contribution is 7.98. The van der Waals surface area contributed by atoms with Crippen LogP contribution in [0.1, 0.15) is 16.1 Å². The van der Waals surface area contributed by atoms with Gasteiger partial charge < -0.3 is 9.67 Å². The second-order valence-corrected chi connectivity index (χ2v) is 4.35. The van der Waals surface area contributed by atoms with E-state index in [-0.39, 0.29) is 12.5 Å². The standard InChI is InChI=1S/C13H13NO2S/c1-17-12-8-7-11(14(12)9-15)13(16)10-5-3-2-4-6-10/h2-8,15H,9H2,1H3. The van der Waals surface area contributed by atoms with Gasteiger partial charge in [-0.25, -0.2) is 0 Å². The summed E-state index contributed by atoms with van der Waals surface area (Å²) in [6.45, 7) is -0.183. The first-order valence-electron chi connectivity index (χ1n) is 5.22. The Kier molecular flexibility index (Phi) is 3.66. The van der Waals surface area contributed by atoms with Gasteiger partial charge in [-0.05, 0) is 18.4 Å². The minimum Gasteiger partial charge on any atom is -0.376 e. The van der Waals surface area contributed by atoms with Crippen LogP contribution in [0, 0.1) is 0 Å². The van der Waals surface area contributed by atoms with Crippen molar-refractivity contribution < 1.29 is 9.90 Å². The average molecular weight is 247 g/mol. The Morgan fingerprint density at radius 2 is 1.94 bits per heavy atom. The van der Waals surface area contributed by atoms with Crippen molar-refractivity contribution in [2.45, 2.75) is 11.8 Å². The van der Waals surface area contributed by atoms with Crippen molar-refractivity contribution in [2.75, 3.05) is 6.26 Å². The Bertz CT molecular complexity index is 519. The number of aromatic nitrogens is 1. The van der Waals surface area contributed by atoms with E-state index in [0.717, 1.165) is 5.03 Å². The third-order valence-electron chi connectivity index (χ3n) is 2.56. The van der Waals surface area contributed by atoms with Gasteiger partial charge in [0.2, 0.25) is 5.78 Å². The molecule has 0 spiro atoms. The molecule has 17 heavy (non-hydrogen) atoms. The molecule has 0 bridgehead atoms. The number of aliphatic hydroxyl groups is 1. The van der Waals surface area contributed by atoms with Crippen LogP contribution in [0.3, 0.4) is 0 Å². The first kappa shape index (κ1) is 12.0. The van der Waals surface area contributed by atoms with Crippen molar-refractivity contribution in [1.29, 1.82) is 0 Å². The summed E-state index contributed by atoms with van der Waals surface area (Å²) < 4.78 is 1.61. The number of carbonyl (C=O) groups excluding carboxylic acids is 1. The van der Waals surface area contributed by atoms with E-state index in [1.165, 1.54) is 11.8 Å². The van der Waals surface area contributed by atoms with Crippen molar-refractivity contribution in [3.8, 4) is 0 Å². The molecule has 88 valence electrons. The monoisotopic (exact) mass is 247 g/mol. The van der Waals surface area contributed by atoms with Crippen molar-refractivity contribution >= 4 is 17.5 Å². The summed E-state index contributed by atoms with van der Waals surface area (Å²) in [6, 6.07) is 12.7. The fraction of sp³-hybridized carbons (Fsp3) is 0.154. The highest BCUT2D eigenvalue weighted by Crippen LogP contribution is 2.20. The summed E-state index contributed by atoms with van der Waals surface area (Å²) >= 11 is 1.50. The van der Waals surface area contributed by atoms with E-state index in [0.29, 0.717) is 11.3 Å². The molecule has 0 radical (unpaired) electrons. The highest BCUT2D eigenvalue weighted by Gasteiger charge is 2.15. The van der Waals surface area contributed by atoms with Crippen LogP contribution in [-0.4, -0.2) is 21.7 Å². The first-order chi connectivity index (χ1) is 8.27. The zero-order chi connectivity index (χ0) is 12.3. The number of hydrogen-bond donors (Lipinski definition) is 1. The summed E-state index contributed by atoms with van der Waals surface area (Å²) in [4.78, 5) is 12.2. The molecule has 0 aliphatic carbocycles. The second kappa shape index (κ2) is 5.21. The fourth-order valence-corrected chi connectivity index (χ4v) is 2.29. The van der Waals surface area contributed by atoms with Gasteiger partial charge in [0, 0.05) is 5.56 Å². The van der Waals surface area contributed by atoms with E-state index in [2.05, 4.69) is 0 Å². The summed E-state index contributed by atoms with van der Waals surface area (Å²) in [5.74, 6) is -0.0695. The smallest absolute Gasteiger partial charge is 0.209 e. The lowest BCUT2D eigenvalue weighted by Crippen LogP contribution is -2.10. The Labute approximate surface area is 104 Å². The van der Waals surface area contributed by atoms with Gasteiger partial charge in [0.05, 0.1) is 10.7 Å². The maximum atomic E-state index is 12.2. The molecule has 2 aromatic rings. The van der Waals surface area contributed by atoms with Crippen LogP contribution in [0.2, 0.25) is 0 Å². The maximum Gasteiger partial charge on any atom is 0.209 e. The summed E-state index contributed by atoms with van der Waals surface area (Å²) in [6.07, 6.45) is 1.91. The van der Waals surface area contributed by atoms with E-state index < -0.39 is 0 Å². The lowest BCUT2D eigenvalue weighted by Gasteiger charge is -2.07. The lowest BCUT2D eigenvalue weighted by atomic mass is 10.1. The number of nitrogens with zero attached hydrogens (tertiary/aromatic N) is 1. The van der Waals surface area contributed by atoms with Crippen LogP contribution in [0.15, 0.2) is 47.5 Å². The molecular formula is C13H13NO2S. The SMILES string of the molecule is CSc1ccc(C(=O)c2ccccc2)n1CO. The summed E-state index contributed by atoms with van der Waals surface area (Å²) in [5, 5.41) is 10.2. The Balaban J connectivity index is 2.41. The van der Waals surface area contributed by atoms with Gasteiger partial charge in [-0.3, -0.25) is 4.79 Å². The van der Waals surface area contributed by atoms with E-state index in [1.54, 1.807) is 22.8 Å². The number of aliphatic hydroxyl groups excluding tert-OH is 1. The predicted molar refractivity (Wildman–Crippen MR) is 68.3 cm³/mol. The van der Waals surface area contributed by atoms with Crippen molar-refractivity contribution in [3.63, 3.8) is 0 Å². The molecule has 0 amide bonds. The predicted octanol–water partition coefficient (Wildman–Crippen LogP) is 2.39. The molecule has 0 fully saturated rings. The van der Waals surface area contributed by atoms with Gasteiger partial charge in [-0.15, -0.1) is 11.8 Å². The van der Waals surface area contributed by atoms with Gasteiger partial charge in [0.15, 0.2) is 0 Å². The summed E-state index contributed by atoms with van der Waals surface area (Å²) in [5.41, 5.74) is 1.15. The molecule has 0 saturated carbocycles. The largest absolute Gasteiger partial charge is 0.376 e. The Morgan fingerprint density at radius 3 is 2.53 bits per heavy atom. The molecule has 1 heterocycles. The van der Waals surface area contributed by atoms with Gasteiger partial charge in [-0.1, -0.05) is 30.3 Å². The normalized spacial score (nSPS) is 10.5. The van der Waals surface area contributed by atoms with Crippen LogP contribution < -0.4 is 0 Å².